The fraction of sp³-hybridized carbons (Fsp3) is 0.611. The third-order valence-corrected chi connectivity index (χ3v) is 5.27. The van der Waals surface area contributed by atoms with Crippen molar-refractivity contribution in [3.63, 3.8) is 0 Å². The van der Waals surface area contributed by atoms with Crippen LogP contribution in [0, 0.1) is 0 Å². The highest BCUT2D eigenvalue weighted by Gasteiger charge is 2.21. The van der Waals surface area contributed by atoms with E-state index in [-0.39, 0.29) is 0 Å². The largest absolute Gasteiger partial charge is 0.382 e. The molecule has 4 rings (SSSR count). The third kappa shape index (κ3) is 3.08. The van der Waals surface area contributed by atoms with Crippen molar-refractivity contribution in [2.45, 2.75) is 37.6 Å². The minimum Gasteiger partial charge on any atom is -0.382 e. The molecule has 1 aromatic carbocycles. The molecule has 2 saturated heterocycles. The molecular weight excluding hydrogens is 286 g/mol. The molecule has 1 aromatic heterocycles. The second-order valence-corrected chi connectivity index (χ2v) is 6.95. The van der Waals surface area contributed by atoms with E-state index < -0.39 is 0 Å². The van der Waals surface area contributed by atoms with E-state index in [0.717, 1.165) is 26.2 Å². The summed E-state index contributed by atoms with van der Waals surface area (Å²) in [5.74, 6) is 0.552. The molecule has 3 heterocycles. The standard InChI is InChI=1S/C18H27N5/c1-23-17-11-15(21-14-6-9-19-10-7-14)4-5-16(17)18(22-23)13-3-2-8-20-12-13/h4-5,11,13-14,19-21H,2-3,6-10,12H2,1H3. The van der Waals surface area contributed by atoms with Crippen LogP contribution in [0.1, 0.15) is 37.3 Å². The van der Waals surface area contributed by atoms with E-state index in [1.54, 1.807) is 0 Å². The Balaban J connectivity index is 1.59. The second-order valence-electron chi connectivity index (χ2n) is 6.95. The molecule has 2 fully saturated rings. The van der Waals surface area contributed by atoms with Gasteiger partial charge in [0.15, 0.2) is 0 Å². The second kappa shape index (κ2) is 6.49. The van der Waals surface area contributed by atoms with Crippen molar-refractivity contribution < 1.29 is 0 Å². The Morgan fingerprint density at radius 3 is 2.78 bits per heavy atom. The lowest BCUT2D eigenvalue weighted by Crippen LogP contribution is -2.35. The number of hydrogen-bond acceptors (Lipinski definition) is 4. The smallest absolute Gasteiger partial charge is 0.0746 e. The average molecular weight is 313 g/mol. The number of anilines is 1. The molecule has 1 atom stereocenters. The quantitative estimate of drug-likeness (QED) is 0.813. The number of rotatable bonds is 3. The predicted octanol–water partition coefficient (Wildman–Crippen LogP) is 2.20. The van der Waals surface area contributed by atoms with Gasteiger partial charge < -0.3 is 16.0 Å². The Labute approximate surface area is 137 Å². The average Bonchev–Trinajstić information content (AvgIpc) is 2.93. The van der Waals surface area contributed by atoms with E-state index in [0.29, 0.717) is 12.0 Å². The molecule has 0 bridgehead atoms. The summed E-state index contributed by atoms with van der Waals surface area (Å²) < 4.78 is 2.05. The van der Waals surface area contributed by atoms with Crippen molar-refractivity contribution in [3.05, 3.63) is 23.9 Å². The van der Waals surface area contributed by atoms with Crippen molar-refractivity contribution in [3.8, 4) is 0 Å². The van der Waals surface area contributed by atoms with Gasteiger partial charge in [-0.1, -0.05) is 0 Å². The van der Waals surface area contributed by atoms with Gasteiger partial charge >= 0.3 is 0 Å². The number of hydrogen-bond donors (Lipinski definition) is 3. The van der Waals surface area contributed by atoms with Gasteiger partial charge in [-0.2, -0.15) is 5.10 Å². The third-order valence-electron chi connectivity index (χ3n) is 5.27. The van der Waals surface area contributed by atoms with Crippen LogP contribution in [0.25, 0.3) is 10.9 Å². The summed E-state index contributed by atoms with van der Waals surface area (Å²) in [6.45, 7) is 4.43. The number of nitrogens with zero attached hydrogens (tertiary/aromatic N) is 2. The van der Waals surface area contributed by atoms with Crippen molar-refractivity contribution in [1.82, 2.24) is 20.4 Å². The Hall–Kier alpha value is -1.59. The summed E-state index contributed by atoms with van der Waals surface area (Å²) in [5, 5.41) is 16.8. The Morgan fingerprint density at radius 2 is 2.00 bits per heavy atom. The molecule has 2 aliphatic rings. The highest BCUT2D eigenvalue weighted by Crippen LogP contribution is 2.30. The summed E-state index contributed by atoms with van der Waals surface area (Å²) in [5.41, 5.74) is 3.73. The number of piperidine rings is 2. The number of nitrogens with one attached hydrogen (secondary N) is 3. The molecule has 2 aliphatic heterocycles. The van der Waals surface area contributed by atoms with Crippen LogP contribution in [-0.2, 0) is 7.05 Å². The highest BCUT2D eigenvalue weighted by molar-refractivity contribution is 5.85. The SMILES string of the molecule is Cn1nc(C2CCCNC2)c2ccc(NC3CCNCC3)cc21. The monoisotopic (exact) mass is 313 g/mol. The minimum atomic E-state index is 0.552. The zero-order valence-corrected chi connectivity index (χ0v) is 13.9. The van der Waals surface area contributed by atoms with Gasteiger partial charge in [-0.3, -0.25) is 4.68 Å². The summed E-state index contributed by atoms with van der Waals surface area (Å²) in [7, 11) is 2.07. The maximum Gasteiger partial charge on any atom is 0.0746 e. The molecule has 0 radical (unpaired) electrons. The lowest BCUT2D eigenvalue weighted by Gasteiger charge is -2.24. The summed E-state index contributed by atoms with van der Waals surface area (Å²) in [4.78, 5) is 0. The minimum absolute atomic E-state index is 0.552. The van der Waals surface area contributed by atoms with Crippen LogP contribution < -0.4 is 16.0 Å². The molecule has 3 N–H and O–H groups in total. The van der Waals surface area contributed by atoms with Gasteiger partial charge in [0.1, 0.15) is 0 Å². The molecule has 2 aromatic rings. The molecule has 0 saturated carbocycles. The number of fused-ring (bicyclic) bond motifs is 1. The van der Waals surface area contributed by atoms with Crippen LogP contribution in [-0.4, -0.2) is 42.0 Å². The van der Waals surface area contributed by atoms with Crippen molar-refractivity contribution in [2.75, 3.05) is 31.5 Å². The zero-order valence-electron chi connectivity index (χ0n) is 13.9. The fourth-order valence-electron chi connectivity index (χ4n) is 3.96. The first-order valence-corrected chi connectivity index (χ1v) is 8.96. The van der Waals surface area contributed by atoms with E-state index in [1.807, 2.05) is 4.68 Å². The topological polar surface area (TPSA) is 53.9 Å². The Kier molecular flexibility index (Phi) is 4.23. The normalized spacial score (nSPS) is 23.3. The molecule has 0 aliphatic carbocycles. The van der Waals surface area contributed by atoms with E-state index in [4.69, 9.17) is 5.10 Å². The first kappa shape index (κ1) is 15.0. The van der Waals surface area contributed by atoms with Gasteiger partial charge in [0, 0.05) is 36.6 Å². The van der Waals surface area contributed by atoms with Crippen LogP contribution in [0.3, 0.4) is 0 Å². The first-order valence-electron chi connectivity index (χ1n) is 8.96. The highest BCUT2D eigenvalue weighted by atomic mass is 15.3. The van der Waals surface area contributed by atoms with Gasteiger partial charge in [-0.25, -0.2) is 0 Å². The van der Waals surface area contributed by atoms with Gasteiger partial charge in [-0.05, 0) is 63.5 Å². The van der Waals surface area contributed by atoms with Crippen LogP contribution >= 0.6 is 0 Å². The first-order chi connectivity index (χ1) is 11.3. The van der Waals surface area contributed by atoms with Gasteiger partial charge in [-0.15, -0.1) is 0 Å². The molecule has 124 valence electrons. The van der Waals surface area contributed by atoms with E-state index in [2.05, 4.69) is 41.2 Å². The van der Waals surface area contributed by atoms with E-state index in [1.165, 1.54) is 48.0 Å². The molecule has 0 spiro atoms. The molecule has 0 amide bonds. The van der Waals surface area contributed by atoms with Crippen LogP contribution in [0.2, 0.25) is 0 Å². The van der Waals surface area contributed by atoms with E-state index in [9.17, 15) is 0 Å². The molecule has 5 heteroatoms. The van der Waals surface area contributed by atoms with Crippen molar-refractivity contribution >= 4 is 16.6 Å². The van der Waals surface area contributed by atoms with Crippen LogP contribution in [0.5, 0.6) is 0 Å². The van der Waals surface area contributed by atoms with Crippen LogP contribution in [0.4, 0.5) is 5.69 Å². The Morgan fingerprint density at radius 1 is 1.13 bits per heavy atom. The van der Waals surface area contributed by atoms with Gasteiger partial charge in [0.2, 0.25) is 0 Å². The number of aryl methyl sites for hydroxylation is 1. The number of benzene rings is 1. The summed E-state index contributed by atoms with van der Waals surface area (Å²) in [6.07, 6.45) is 4.89. The predicted molar refractivity (Wildman–Crippen MR) is 95.1 cm³/mol. The number of aromatic nitrogens is 2. The molecule has 5 nitrogen and oxygen atoms in total. The lowest BCUT2D eigenvalue weighted by atomic mass is 9.94. The zero-order chi connectivity index (χ0) is 15.6. The van der Waals surface area contributed by atoms with Gasteiger partial charge in [0.05, 0.1) is 11.2 Å². The summed E-state index contributed by atoms with van der Waals surface area (Å²) in [6, 6.07) is 7.34. The molecular formula is C18H27N5. The lowest BCUT2D eigenvalue weighted by molar-refractivity contribution is 0.453. The van der Waals surface area contributed by atoms with Crippen LogP contribution in [0.15, 0.2) is 18.2 Å². The maximum absolute atomic E-state index is 4.84. The summed E-state index contributed by atoms with van der Waals surface area (Å²) >= 11 is 0. The molecule has 1 unspecified atom stereocenters. The van der Waals surface area contributed by atoms with Gasteiger partial charge in [0.25, 0.3) is 0 Å². The Bertz CT molecular complexity index is 665. The van der Waals surface area contributed by atoms with Crippen molar-refractivity contribution in [1.29, 1.82) is 0 Å². The van der Waals surface area contributed by atoms with E-state index >= 15 is 0 Å². The maximum atomic E-state index is 4.84. The fourth-order valence-corrected chi connectivity index (χ4v) is 3.96. The molecule has 23 heavy (non-hydrogen) atoms. The van der Waals surface area contributed by atoms with Crippen molar-refractivity contribution in [2.24, 2.45) is 7.05 Å².